The van der Waals surface area contributed by atoms with E-state index in [2.05, 4.69) is 17.6 Å². The molecule has 214 valence electrons. The van der Waals surface area contributed by atoms with Crippen molar-refractivity contribution < 1.29 is 19.1 Å². The van der Waals surface area contributed by atoms with Gasteiger partial charge in [0.2, 0.25) is 5.91 Å². The number of nitrogens with zero attached hydrogens (tertiary/aromatic N) is 1. The first-order chi connectivity index (χ1) is 18.3. The van der Waals surface area contributed by atoms with E-state index in [1.807, 2.05) is 77.1 Å². The molecule has 0 aliphatic heterocycles. The molecule has 3 amide bonds. The van der Waals surface area contributed by atoms with Gasteiger partial charge in [-0.3, -0.25) is 9.59 Å². The molecule has 2 aromatic carbocycles. The molecule has 0 aromatic heterocycles. The molecule has 3 unspecified atom stereocenters. The molecule has 0 fully saturated rings. The fourth-order valence-electron chi connectivity index (χ4n) is 4.52. The van der Waals surface area contributed by atoms with Crippen LogP contribution in [0.15, 0.2) is 42.5 Å². The molecule has 3 atom stereocenters. The molecule has 2 rings (SSSR count). The van der Waals surface area contributed by atoms with Crippen molar-refractivity contribution in [2.24, 2.45) is 5.92 Å². The van der Waals surface area contributed by atoms with Crippen molar-refractivity contribution in [2.45, 2.75) is 99.3 Å². The lowest BCUT2D eigenvalue weighted by molar-refractivity contribution is -0.141. The number of benzene rings is 2. The van der Waals surface area contributed by atoms with Crippen molar-refractivity contribution in [3.8, 4) is 0 Å². The Morgan fingerprint density at radius 2 is 1.54 bits per heavy atom. The van der Waals surface area contributed by atoms with Crippen molar-refractivity contribution in [1.82, 2.24) is 10.2 Å². The molecule has 0 saturated heterocycles. The van der Waals surface area contributed by atoms with Gasteiger partial charge in [0.05, 0.1) is 0 Å². The lowest BCUT2D eigenvalue weighted by Gasteiger charge is -2.36. The van der Waals surface area contributed by atoms with E-state index in [1.54, 1.807) is 25.7 Å². The molecule has 0 aliphatic carbocycles. The minimum Gasteiger partial charge on any atom is -0.444 e. The summed E-state index contributed by atoms with van der Waals surface area (Å²) in [7, 11) is 0. The number of nitrogens with one attached hydrogen (secondary N) is 2. The number of para-hydroxylation sites is 1. The van der Waals surface area contributed by atoms with E-state index in [1.165, 1.54) is 0 Å². The molecule has 2 N–H and O–H groups in total. The van der Waals surface area contributed by atoms with Gasteiger partial charge in [0, 0.05) is 12.2 Å². The fourth-order valence-corrected chi connectivity index (χ4v) is 4.52. The minimum atomic E-state index is -0.880. The zero-order valence-corrected chi connectivity index (χ0v) is 25.2. The first-order valence-corrected chi connectivity index (χ1v) is 14.1. The van der Waals surface area contributed by atoms with Crippen LogP contribution in [0.4, 0.5) is 10.5 Å². The quantitative estimate of drug-likeness (QED) is 0.333. The van der Waals surface area contributed by atoms with Gasteiger partial charge >= 0.3 is 6.09 Å². The molecule has 0 spiro atoms. The molecule has 0 heterocycles. The van der Waals surface area contributed by atoms with Crippen LogP contribution in [-0.2, 0) is 20.7 Å². The van der Waals surface area contributed by atoms with Crippen LogP contribution in [0.1, 0.15) is 89.6 Å². The Hall–Kier alpha value is -3.35. The molecular formula is C32H47N3O4. The van der Waals surface area contributed by atoms with Gasteiger partial charge in [-0.25, -0.2) is 4.79 Å². The van der Waals surface area contributed by atoms with Gasteiger partial charge < -0.3 is 20.3 Å². The number of anilines is 1. The Balaban J connectivity index is 2.57. The fraction of sp³-hybridized carbons (Fsp3) is 0.531. The predicted octanol–water partition coefficient (Wildman–Crippen LogP) is 6.72. The number of hydrogen-bond donors (Lipinski definition) is 2. The highest BCUT2D eigenvalue weighted by Crippen LogP contribution is 2.28. The maximum atomic E-state index is 14.2. The lowest BCUT2D eigenvalue weighted by Crippen LogP contribution is -2.54. The number of carbonyl (C=O) groups excluding carboxylic acids is 3. The van der Waals surface area contributed by atoms with Crippen LogP contribution in [0, 0.1) is 19.8 Å². The van der Waals surface area contributed by atoms with E-state index in [0.29, 0.717) is 19.4 Å². The molecular weight excluding hydrogens is 490 g/mol. The van der Waals surface area contributed by atoms with E-state index in [9.17, 15) is 14.4 Å². The summed E-state index contributed by atoms with van der Waals surface area (Å²) in [6.07, 6.45) is 1.52. The summed E-state index contributed by atoms with van der Waals surface area (Å²) in [5, 5.41) is 5.92. The third-order valence-corrected chi connectivity index (χ3v) is 6.89. The van der Waals surface area contributed by atoms with Crippen molar-refractivity contribution in [3.63, 3.8) is 0 Å². The van der Waals surface area contributed by atoms with Crippen LogP contribution in [0.5, 0.6) is 0 Å². The molecule has 7 heteroatoms. The summed E-state index contributed by atoms with van der Waals surface area (Å²) in [4.78, 5) is 42.6. The Kier molecular flexibility index (Phi) is 11.6. The van der Waals surface area contributed by atoms with E-state index in [0.717, 1.165) is 34.4 Å². The van der Waals surface area contributed by atoms with Crippen molar-refractivity contribution >= 4 is 23.6 Å². The standard InChI is InChI=1S/C32H47N3O4/c1-10-20-35(30(37)27(21(4)11-2)34-31(38)39-32(7,8)9)28(25-18-16-24(12-3)17-19-25)29(36)33-26-22(5)14-13-15-23(26)6/h13-19,21,27-28H,10-12,20H2,1-9H3,(H,33,36)(H,34,38). The van der Waals surface area contributed by atoms with Crippen LogP contribution in [0.2, 0.25) is 0 Å². The third kappa shape index (κ3) is 8.84. The summed E-state index contributed by atoms with van der Waals surface area (Å²) < 4.78 is 5.48. The maximum absolute atomic E-state index is 14.2. The lowest BCUT2D eigenvalue weighted by atomic mass is 9.95. The monoisotopic (exact) mass is 537 g/mol. The molecule has 2 aromatic rings. The SMILES string of the molecule is CCCN(C(=O)C(NC(=O)OC(C)(C)C)C(C)CC)C(C(=O)Nc1c(C)cccc1C)c1ccc(CC)cc1. The van der Waals surface area contributed by atoms with Crippen molar-refractivity contribution in [3.05, 3.63) is 64.7 Å². The van der Waals surface area contributed by atoms with Crippen molar-refractivity contribution in [2.75, 3.05) is 11.9 Å². The number of carbonyl (C=O) groups is 3. The highest BCUT2D eigenvalue weighted by Gasteiger charge is 2.38. The van der Waals surface area contributed by atoms with Crippen LogP contribution in [0.25, 0.3) is 0 Å². The van der Waals surface area contributed by atoms with Gasteiger partial charge in [0.15, 0.2) is 0 Å². The molecule has 0 radical (unpaired) electrons. The average Bonchev–Trinajstić information content (AvgIpc) is 2.87. The molecule has 7 nitrogen and oxygen atoms in total. The van der Waals surface area contributed by atoms with Crippen LogP contribution in [-0.4, -0.2) is 41.0 Å². The van der Waals surface area contributed by atoms with Crippen LogP contribution in [0.3, 0.4) is 0 Å². The molecule has 39 heavy (non-hydrogen) atoms. The van der Waals surface area contributed by atoms with Gasteiger partial charge in [-0.2, -0.15) is 0 Å². The number of alkyl carbamates (subject to hydrolysis) is 1. The molecule has 0 bridgehead atoms. The van der Waals surface area contributed by atoms with Crippen molar-refractivity contribution in [1.29, 1.82) is 0 Å². The molecule has 0 aliphatic rings. The normalized spacial score (nSPS) is 13.7. The van der Waals surface area contributed by atoms with E-state index in [4.69, 9.17) is 4.74 Å². The van der Waals surface area contributed by atoms with Crippen LogP contribution < -0.4 is 10.6 Å². The first kappa shape index (κ1) is 31.9. The zero-order chi connectivity index (χ0) is 29.3. The zero-order valence-electron chi connectivity index (χ0n) is 25.2. The smallest absolute Gasteiger partial charge is 0.408 e. The van der Waals surface area contributed by atoms with Gasteiger partial charge in [0.25, 0.3) is 5.91 Å². The Labute approximate surface area is 234 Å². The highest BCUT2D eigenvalue weighted by molar-refractivity contribution is 6.00. The van der Waals surface area contributed by atoms with E-state index < -0.39 is 23.8 Å². The number of rotatable bonds is 11. The summed E-state index contributed by atoms with van der Waals surface area (Å²) in [6, 6.07) is 12.0. The van der Waals surface area contributed by atoms with E-state index in [-0.39, 0.29) is 17.7 Å². The Bertz CT molecular complexity index is 1100. The average molecular weight is 538 g/mol. The summed E-state index contributed by atoms with van der Waals surface area (Å²) in [5.74, 6) is -0.772. The second-order valence-electron chi connectivity index (χ2n) is 11.3. The number of ether oxygens (including phenoxy) is 1. The van der Waals surface area contributed by atoms with Gasteiger partial charge in [0.1, 0.15) is 17.7 Å². The Morgan fingerprint density at radius 3 is 2.03 bits per heavy atom. The number of aryl methyl sites for hydroxylation is 3. The summed E-state index contributed by atoms with van der Waals surface area (Å²) in [5.41, 5.74) is 3.79. The largest absolute Gasteiger partial charge is 0.444 e. The highest BCUT2D eigenvalue weighted by atomic mass is 16.6. The maximum Gasteiger partial charge on any atom is 0.408 e. The molecule has 0 saturated carbocycles. The minimum absolute atomic E-state index is 0.172. The third-order valence-electron chi connectivity index (χ3n) is 6.89. The first-order valence-electron chi connectivity index (χ1n) is 14.1. The summed E-state index contributed by atoms with van der Waals surface area (Å²) >= 11 is 0. The van der Waals surface area contributed by atoms with Crippen LogP contribution >= 0.6 is 0 Å². The second-order valence-corrected chi connectivity index (χ2v) is 11.3. The van der Waals surface area contributed by atoms with Gasteiger partial charge in [-0.1, -0.05) is 76.6 Å². The number of amides is 3. The van der Waals surface area contributed by atoms with E-state index >= 15 is 0 Å². The Morgan fingerprint density at radius 1 is 0.949 bits per heavy atom. The second kappa shape index (κ2) is 14.2. The predicted molar refractivity (Wildman–Crippen MR) is 158 cm³/mol. The topological polar surface area (TPSA) is 87.7 Å². The number of hydrogen-bond acceptors (Lipinski definition) is 4. The van der Waals surface area contributed by atoms with Gasteiger partial charge in [-0.15, -0.1) is 0 Å². The summed E-state index contributed by atoms with van der Waals surface area (Å²) in [6.45, 7) is 17.5. The van der Waals surface area contributed by atoms with Gasteiger partial charge in [-0.05, 0) is 75.6 Å².